The fourth-order valence-corrected chi connectivity index (χ4v) is 10.3. The number of fused-ring (bicyclic) bond motifs is 20. The Kier molecular flexibility index (Phi) is 11.0. The molecule has 0 fully saturated rings. The van der Waals surface area contributed by atoms with Gasteiger partial charge in [0.25, 0.3) is 0 Å². The predicted octanol–water partition coefficient (Wildman–Crippen LogP) is 16.5. The Balaban J connectivity index is 1.08. The molecule has 0 aliphatic carbocycles. The van der Waals surface area contributed by atoms with Crippen LogP contribution in [0.4, 0.5) is 0 Å². The normalized spacial score (nSPS) is 11.7. The molecule has 2 aliphatic heterocycles. The van der Waals surface area contributed by atoms with E-state index in [1.807, 2.05) is 201 Å². The number of rotatable bonds is 8. The molecule has 8 bridgehead atoms. The topological polar surface area (TPSA) is 146 Å². The molecule has 0 radical (unpaired) electrons. The van der Waals surface area contributed by atoms with Crippen molar-refractivity contribution in [3.63, 3.8) is 0 Å². The Morgan fingerprint density at radius 3 is 0.842 bits per heavy atom. The maximum Gasteiger partial charge on any atom is 0.164 e. The Hall–Kier alpha value is -9.68. The lowest BCUT2D eigenvalue weighted by atomic mass is 10.1. The first-order valence-electron chi connectivity index (χ1n) is 25.2. The van der Waals surface area contributed by atoms with E-state index in [4.69, 9.17) is 48.9 Å². The van der Waals surface area contributed by atoms with Crippen molar-refractivity contribution in [2.24, 2.45) is 0 Å². The average Bonchev–Trinajstić information content (AvgIpc) is 4.18. The summed E-state index contributed by atoms with van der Waals surface area (Å²) in [4.78, 5) is 39.0. The summed E-state index contributed by atoms with van der Waals surface area (Å²) >= 11 is 0. The number of aryl methyl sites for hydroxylation is 8. The van der Waals surface area contributed by atoms with Crippen molar-refractivity contribution in [3.8, 4) is 91.5 Å². The fourth-order valence-electron chi connectivity index (χ4n) is 10.3. The number of para-hydroxylation sites is 4. The van der Waals surface area contributed by atoms with Crippen LogP contribution >= 0.6 is 0 Å². The summed E-state index contributed by atoms with van der Waals surface area (Å²) in [5, 5.41) is 3.15. The standard InChI is InChI=1S/C64H50N8O4/c1-33-13-9-14-34(2)53(33)73-41-21-25-45-49(29-41)61-65-57(45)70-62-51-31-43(75-55-37(5)17-11-18-38(55)6)23-27-47(51)59(67-62)72-64-52-32-44(76-56-39(7)19-12-20-40(56)8)24-28-48(52)60(68-64)71-63-50-30-42(22-26-46(50)58(66-63)69-61)74-54-35(3)15-10-16-36(54)4/h9-32H,1-8H3,(H2,65,66,67,68,69,70,71,72). The first kappa shape index (κ1) is 46.1. The van der Waals surface area contributed by atoms with E-state index in [2.05, 4.69) is 9.97 Å². The van der Waals surface area contributed by atoms with Gasteiger partial charge >= 0.3 is 0 Å². The second-order valence-electron chi connectivity index (χ2n) is 19.7. The highest BCUT2D eigenvalue weighted by molar-refractivity contribution is 6.07. The highest BCUT2D eigenvalue weighted by Crippen LogP contribution is 2.43. The summed E-state index contributed by atoms with van der Waals surface area (Å²) in [6.07, 6.45) is 0. The van der Waals surface area contributed by atoms with E-state index in [-0.39, 0.29) is 0 Å². The summed E-state index contributed by atoms with van der Waals surface area (Å²) in [6, 6.07) is 48.3. The summed E-state index contributed by atoms with van der Waals surface area (Å²) < 4.78 is 26.6. The summed E-state index contributed by atoms with van der Waals surface area (Å²) in [5.74, 6) is 7.53. The van der Waals surface area contributed by atoms with Gasteiger partial charge in [0.2, 0.25) is 0 Å². The first-order valence-corrected chi connectivity index (χ1v) is 25.2. The first-order chi connectivity index (χ1) is 36.9. The molecule has 76 heavy (non-hydrogen) atoms. The van der Waals surface area contributed by atoms with Gasteiger partial charge in [-0.3, -0.25) is 0 Å². The predicted molar refractivity (Wildman–Crippen MR) is 300 cm³/mol. The molecule has 0 spiro atoms. The smallest absolute Gasteiger partial charge is 0.164 e. The Bertz CT molecular complexity index is 4060. The quantitative estimate of drug-likeness (QED) is 0.151. The molecule has 0 saturated heterocycles. The Morgan fingerprint density at radius 2 is 0.526 bits per heavy atom. The molecule has 0 saturated carbocycles. The van der Waals surface area contributed by atoms with Gasteiger partial charge in [-0.25, -0.2) is 29.9 Å². The molecule has 12 nitrogen and oxygen atoms in total. The fraction of sp³-hybridized carbons (Fsp3) is 0.125. The highest BCUT2D eigenvalue weighted by Gasteiger charge is 2.25. The number of hydrogen-bond donors (Lipinski definition) is 2. The third-order valence-electron chi connectivity index (χ3n) is 14.2. The minimum Gasteiger partial charge on any atom is -0.457 e. The van der Waals surface area contributed by atoms with E-state index in [0.717, 1.165) is 111 Å². The number of benzene rings is 8. The molecule has 2 N–H and O–H groups in total. The van der Waals surface area contributed by atoms with Crippen LogP contribution in [-0.2, 0) is 0 Å². The van der Waals surface area contributed by atoms with Gasteiger partial charge in [0.1, 0.15) is 68.6 Å². The molecule has 13 rings (SSSR count). The van der Waals surface area contributed by atoms with Crippen molar-refractivity contribution in [1.29, 1.82) is 0 Å². The van der Waals surface area contributed by atoms with Gasteiger partial charge in [-0.05, 0) is 173 Å². The van der Waals surface area contributed by atoms with Crippen LogP contribution in [0, 0.1) is 55.4 Å². The molecular weight excluding hydrogens is 945 g/mol. The van der Waals surface area contributed by atoms with Crippen molar-refractivity contribution >= 4 is 44.1 Å². The SMILES string of the molecule is Cc1cccc(C)c1Oc1ccc2c(c1)-c1nc-2nc2[nH]c(nc3nc(nc4[nH]c(n1)c1ccc(Oc5c(C)cccc5C)cc41)-c1ccc(Oc4c(C)cccc4C)cc1-3)c1ccc(Oc3c(C)cccc3C)cc21. The minimum absolute atomic E-state index is 0.439. The Morgan fingerprint density at radius 1 is 0.263 bits per heavy atom. The number of nitrogens with zero attached hydrogens (tertiary/aromatic N) is 6. The van der Waals surface area contributed by atoms with Crippen LogP contribution in [0.5, 0.6) is 46.0 Å². The van der Waals surface area contributed by atoms with Crippen LogP contribution in [0.2, 0.25) is 0 Å². The molecule has 12 heteroatoms. The lowest BCUT2D eigenvalue weighted by Crippen LogP contribution is -1.92. The van der Waals surface area contributed by atoms with Crippen LogP contribution in [-0.4, -0.2) is 39.9 Å². The minimum atomic E-state index is 0.439. The average molecular weight is 995 g/mol. The van der Waals surface area contributed by atoms with Gasteiger partial charge in [-0.2, -0.15) is 0 Å². The van der Waals surface area contributed by atoms with Crippen LogP contribution in [0.3, 0.4) is 0 Å². The van der Waals surface area contributed by atoms with Gasteiger partial charge in [0.15, 0.2) is 23.3 Å². The van der Waals surface area contributed by atoms with Crippen LogP contribution in [0.1, 0.15) is 44.5 Å². The van der Waals surface area contributed by atoms with Crippen molar-refractivity contribution in [3.05, 3.63) is 190 Å². The maximum absolute atomic E-state index is 6.64. The second-order valence-corrected chi connectivity index (χ2v) is 19.7. The third kappa shape index (κ3) is 8.11. The largest absolute Gasteiger partial charge is 0.457 e. The van der Waals surface area contributed by atoms with Gasteiger partial charge in [0, 0.05) is 43.8 Å². The molecule has 5 heterocycles. The van der Waals surface area contributed by atoms with Gasteiger partial charge in [-0.1, -0.05) is 72.8 Å². The van der Waals surface area contributed by atoms with Crippen LogP contribution < -0.4 is 18.9 Å². The van der Waals surface area contributed by atoms with Gasteiger partial charge in [0.05, 0.1) is 0 Å². The zero-order valence-electron chi connectivity index (χ0n) is 43.2. The molecular formula is C64H50N8O4. The van der Waals surface area contributed by atoms with Gasteiger partial charge in [-0.15, -0.1) is 0 Å². The summed E-state index contributed by atoms with van der Waals surface area (Å²) in [5.41, 5.74) is 13.4. The number of hydrogen-bond acceptors (Lipinski definition) is 10. The van der Waals surface area contributed by atoms with E-state index < -0.39 is 0 Å². The molecule has 2 aliphatic rings. The van der Waals surface area contributed by atoms with Gasteiger partial charge < -0.3 is 28.9 Å². The van der Waals surface area contributed by atoms with E-state index in [0.29, 0.717) is 68.9 Å². The van der Waals surface area contributed by atoms with Crippen molar-refractivity contribution in [1.82, 2.24) is 39.9 Å². The molecule has 0 atom stereocenters. The van der Waals surface area contributed by atoms with Crippen molar-refractivity contribution < 1.29 is 18.9 Å². The molecule has 3 aromatic heterocycles. The molecule has 8 aromatic carbocycles. The Labute approximate surface area is 438 Å². The second kappa shape index (κ2) is 18.1. The number of nitrogens with one attached hydrogen (secondary N) is 2. The van der Waals surface area contributed by atoms with Crippen molar-refractivity contribution in [2.75, 3.05) is 0 Å². The van der Waals surface area contributed by atoms with E-state index in [9.17, 15) is 0 Å². The van der Waals surface area contributed by atoms with E-state index in [1.165, 1.54) is 0 Å². The lowest BCUT2D eigenvalue weighted by molar-refractivity contribution is 0.475. The van der Waals surface area contributed by atoms with E-state index >= 15 is 0 Å². The highest BCUT2D eigenvalue weighted by atomic mass is 16.5. The van der Waals surface area contributed by atoms with Crippen molar-refractivity contribution in [2.45, 2.75) is 55.4 Å². The zero-order valence-corrected chi connectivity index (χ0v) is 43.2. The number of aromatic amines is 2. The third-order valence-corrected chi connectivity index (χ3v) is 14.2. The number of ether oxygens (including phenoxy) is 4. The summed E-state index contributed by atoms with van der Waals surface area (Å²) in [6.45, 7) is 16.4. The van der Waals surface area contributed by atoms with Crippen LogP contribution in [0.15, 0.2) is 146 Å². The summed E-state index contributed by atoms with van der Waals surface area (Å²) in [7, 11) is 0. The molecule has 0 amide bonds. The lowest BCUT2D eigenvalue weighted by Gasteiger charge is -2.12. The van der Waals surface area contributed by atoms with Crippen LogP contribution in [0.25, 0.3) is 89.7 Å². The monoisotopic (exact) mass is 994 g/mol. The molecule has 0 unspecified atom stereocenters. The van der Waals surface area contributed by atoms with E-state index in [1.54, 1.807) is 0 Å². The number of H-pyrrole nitrogens is 2. The molecule has 11 aromatic rings. The molecule has 370 valence electrons. The number of aromatic nitrogens is 8. The maximum atomic E-state index is 6.64. The zero-order chi connectivity index (χ0) is 51.9.